The molecular formula is C30H44N4O4S2. The van der Waals surface area contributed by atoms with E-state index in [2.05, 4.69) is 46.4 Å². The second-order valence-electron chi connectivity index (χ2n) is 11.0. The quantitative estimate of drug-likeness (QED) is 0.353. The van der Waals surface area contributed by atoms with Crippen molar-refractivity contribution in [3.63, 3.8) is 0 Å². The van der Waals surface area contributed by atoms with Crippen LogP contribution in [0.3, 0.4) is 0 Å². The molecule has 8 nitrogen and oxygen atoms in total. The summed E-state index contributed by atoms with van der Waals surface area (Å²) in [6.45, 7) is 6.44. The van der Waals surface area contributed by atoms with E-state index in [1.807, 2.05) is 6.07 Å². The molecule has 1 saturated carbocycles. The molecule has 2 atom stereocenters. The monoisotopic (exact) mass is 588 g/mol. The summed E-state index contributed by atoms with van der Waals surface area (Å²) in [6.07, 6.45) is 9.13. The molecule has 10 heteroatoms. The Labute approximate surface area is 247 Å². The average Bonchev–Trinajstić information content (AvgIpc) is 3.48. The lowest BCUT2D eigenvalue weighted by Gasteiger charge is -2.33. The maximum atomic E-state index is 13.5. The second kappa shape index (κ2) is 16.3. The number of hydrogen-bond acceptors (Lipinski definition) is 7. The van der Waals surface area contributed by atoms with Crippen molar-refractivity contribution in [2.24, 2.45) is 5.92 Å². The first-order valence-corrected chi connectivity index (χ1v) is 16.9. The van der Waals surface area contributed by atoms with Gasteiger partial charge in [-0.15, -0.1) is 11.8 Å². The van der Waals surface area contributed by atoms with Gasteiger partial charge in [-0.2, -0.15) is 11.8 Å². The molecule has 1 aromatic rings. The first-order chi connectivity index (χ1) is 19.5. The molecule has 1 aromatic carbocycles. The third-order valence-corrected chi connectivity index (χ3v) is 10.2. The molecule has 4 rings (SSSR count). The zero-order valence-corrected chi connectivity index (χ0v) is 25.1. The predicted octanol–water partition coefficient (Wildman–Crippen LogP) is 4.26. The number of carbonyl (C=O) groups is 3. The van der Waals surface area contributed by atoms with E-state index in [0.29, 0.717) is 23.3 Å². The van der Waals surface area contributed by atoms with Crippen LogP contribution in [0.15, 0.2) is 43.0 Å². The summed E-state index contributed by atoms with van der Waals surface area (Å²) in [5.74, 6) is 2.68. The van der Waals surface area contributed by atoms with Crippen LogP contribution in [-0.4, -0.2) is 88.7 Å². The number of carbonyl (C=O) groups excluding carboxylic acids is 3. The molecule has 220 valence electrons. The van der Waals surface area contributed by atoms with E-state index < -0.39 is 18.2 Å². The number of hydrogen-bond donors (Lipinski definition) is 2. The fourth-order valence-electron chi connectivity index (χ4n) is 5.59. The largest absolute Gasteiger partial charge is 0.445 e. The molecule has 0 bridgehead atoms. The fraction of sp³-hybridized carbons (Fsp3) is 0.633. The Morgan fingerprint density at radius 2 is 1.85 bits per heavy atom. The minimum atomic E-state index is -0.651. The summed E-state index contributed by atoms with van der Waals surface area (Å²) in [4.78, 5) is 43.2. The Morgan fingerprint density at radius 3 is 2.58 bits per heavy atom. The molecule has 2 N–H and O–H groups in total. The molecule has 2 heterocycles. The van der Waals surface area contributed by atoms with Gasteiger partial charge in [0.1, 0.15) is 18.7 Å². The van der Waals surface area contributed by atoms with Gasteiger partial charge in [0.15, 0.2) is 0 Å². The van der Waals surface area contributed by atoms with Crippen LogP contribution in [0.1, 0.15) is 50.5 Å². The van der Waals surface area contributed by atoms with Crippen LogP contribution in [0.4, 0.5) is 4.79 Å². The van der Waals surface area contributed by atoms with E-state index in [1.54, 1.807) is 11.8 Å². The standard InChI is InChI=1S/C30H44N4O4S2/c1-2-17-38-30(37)34-22-40-21-27(34)29(36)32-26(20-39-19-24-11-7-4-8-12-24)28(35)31-25-13-15-33(16-14-25)18-23-9-5-3-6-10-23/h2-3,5-6,9-10,24-27H,1,4,7-8,11-22H2,(H,31,35)(H,32,36). The average molecular weight is 589 g/mol. The number of ether oxygens (including phenoxy) is 1. The third kappa shape index (κ3) is 9.45. The van der Waals surface area contributed by atoms with E-state index in [-0.39, 0.29) is 24.5 Å². The molecule has 3 fully saturated rings. The molecule has 3 aliphatic rings. The van der Waals surface area contributed by atoms with E-state index >= 15 is 0 Å². The number of nitrogens with one attached hydrogen (secondary N) is 2. The normalized spacial score (nSPS) is 21.5. The van der Waals surface area contributed by atoms with Gasteiger partial charge in [-0.3, -0.25) is 19.4 Å². The van der Waals surface area contributed by atoms with Crippen molar-refractivity contribution >= 4 is 41.4 Å². The lowest BCUT2D eigenvalue weighted by molar-refractivity contribution is -0.130. The zero-order valence-electron chi connectivity index (χ0n) is 23.4. The first kappa shape index (κ1) is 30.8. The van der Waals surface area contributed by atoms with Gasteiger partial charge in [0.25, 0.3) is 0 Å². The fourth-order valence-corrected chi connectivity index (χ4v) is 8.00. The predicted molar refractivity (Wildman–Crippen MR) is 163 cm³/mol. The highest BCUT2D eigenvalue weighted by Gasteiger charge is 2.37. The van der Waals surface area contributed by atoms with Gasteiger partial charge in [0.2, 0.25) is 11.8 Å². The van der Waals surface area contributed by atoms with Crippen molar-refractivity contribution in [1.82, 2.24) is 20.4 Å². The van der Waals surface area contributed by atoms with Crippen LogP contribution in [0.25, 0.3) is 0 Å². The summed E-state index contributed by atoms with van der Waals surface area (Å²) < 4.78 is 5.17. The van der Waals surface area contributed by atoms with Gasteiger partial charge in [0.05, 0.1) is 5.88 Å². The van der Waals surface area contributed by atoms with Crippen molar-refractivity contribution in [1.29, 1.82) is 0 Å². The number of amides is 3. The number of benzene rings is 1. The topological polar surface area (TPSA) is 91.0 Å². The molecule has 0 spiro atoms. The summed E-state index contributed by atoms with van der Waals surface area (Å²) >= 11 is 3.27. The minimum absolute atomic E-state index is 0.0923. The number of rotatable bonds is 12. The van der Waals surface area contributed by atoms with Gasteiger partial charge < -0.3 is 15.4 Å². The van der Waals surface area contributed by atoms with E-state index in [0.717, 1.165) is 38.2 Å². The molecule has 2 saturated heterocycles. The van der Waals surface area contributed by atoms with Gasteiger partial charge in [-0.05, 0) is 42.9 Å². The zero-order chi connectivity index (χ0) is 28.2. The summed E-state index contributed by atoms with van der Waals surface area (Å²) in [7, 11) is 0. The van der Waals surface area contributed by atoms with Crippen molar-refractivity contribution < 1.29 is 19.1 Å². The van der Waals surface area contributed by atoms with Gasteiger partial charge in [0, 0.05) is 37.2 Å². The van der Waals surface area contributed by atoms with Crippen molar-refractivity contribution in [2.45, 2.75) is 69.6 Å². The Kier molecular flexibility index (Phi) is 12.6. The number of piperidine rings is 1. The maximum absolute atomic E-state index is 13.5. The van der Waals surface area contributed by atoms with Crippen molar-refractivity contribution in [3.05, 3.63) is 48.6 Å². The number of likely N-dealkylation sites (tertiary alicyclic amines) is 1. The number of nitrogens with zero attached hydrogens (tertiary/aromatic N) is 2. The smallest absolute Gasteiger partial charge is 0.411 e. The summed E-state index contributed by atoms with van der Waals surface area (Å²) in [5.41, 5.74) is 1.30. The molecule has 2 aliphatic heterocycles. The molecule has 0 radical (unpaired) electrons. The van der Waals surface area contributed by atoms with Crippen molar-refractivity contribution in [2.75, 3.05) is 42.8 Å². The highest BCUT2D eigenvalue weighted by molar-refractivity contribution is 7.99. The second-order valence-corrected chi connectivity index (χ2v) is 13.1. The Morgan fingerprint density at radius 1 is 1.10 bits per heavy atom. The summed E-state index contributed by atoms with van der Waals surface area (Å²) in [5, 5.41) is 6.24. The summed E-state index contributed by atoms with van der Waals surface area (Å²) in [6, 6.07) is 9.26. The maximum Gasteiger partial charge on any atom is 0.411 e. The van der Waals surface area contributed by atoms with Crippen LogP contribution in [0.2, 0.25) is 0 Å². The highest BCUT2D eigenvalue weighted by Crippen LogP contribution is 2.27. The molecule has 2 unspecified atom stereocenters. The number of thioether (sulfide) groups is 2. The third-order valence-electron chi connectivity index (χ3n) is 7.92. The lowest BCUT2D eigenvalue weighted by atomic mass is 9.91. The van der Waals surface area contributed by atoms with Gasteiger partial charge in [-0.25, -0.2) is 4.79 Å². The van der Waals surface area contributed by atoms with Crippen LogP contribution in [0.5, 0.6) is 0 Å². The molecule has 1 aliphatic carbocycles. The molecular weight excluding hydrogens is 544 g/mol. The molecule has 3 amide bonds. The highest BCUT2D eigenvalue weighted by atomic mass is 32.2. The minimum Gasteiger partial charge on any atom is -0.445 e. The van der Waals surface area contributed by atoms with Crippen LogP contribution >= 0.6 is 23.5 Å². The first-order valence-electron chi connectivity index (χ1n) is 14.6. The van der Waals surface area contributed by atoms with Crippen LogP contribution < -0.4 is 10.6 Å². The lowest BCUT2D eigenvalue weighted by Crippen LogP contribution is -2.56. The van der Waals surface area contributed by atoms with Gasteiger partial charge in [-0.1, -0.05) is 62.2 Å². The SMILES string of the molecule is C=CCOC(=O)N1CSCC1C(=O)NC(CSCC1CCCCC1)C(=O)NC1CCN(Cc2ccccc2)CC1. The van der Waals surface area contributed by atoms with E-state index in [4.69, 9.17) is 4.74 Å². The van der Waals surface area contributed by atoms with E-state index in [9.17, 15) is 14.4 Å². The molecule has 40 heavy (non-hydrogen) atoms. The van der Waals surface area contributed by atoms with Gasteiger partial charge >= 0.3 is 6.09 Å². The molecule has 0 aromatic heterocycles. The van der Waals surface area contributed by atoms with Crippen LogP contribution in [0, 0.1) is 5.92 Å². The van der Waals surface area contributed by atoms with Crippen LogP contribution in [-0.2, 0) is 20.9 Å². The Balaban J connectivity index is 1.31. The Hall–Kier alpha value is -2.17. The van der Waals surface area contributed by atoms with Crippen molar-refractivity contribution in [3.8, 4) is 0 Å². The Bertz CT molecular complexity index is 968. The van der Waals surface area contributed by atoms with E-state index in [1.165, 1.54) is 60.4 Å².